The Morgan fingerprint density at radius 2 is 1.12 bits per heavy atom. The minimum atomic E-state index is 0.284. The predicted molar refractivity (Wildman–Crippen MR) is 121 cm³/mol. The second kappa shape index (κ2) is 6.48. The van der Waals surface area contributed by atoms with Gasteiger partial charge in [0.05, 0.1) is 0 Å². The molecule has 26 heavy (non-hydrogen) atoms. The summed E-state index contributed by atoms with van der Waals surface area (Å²) >= 11 is 3.96. The number of fused-ring (bicyclic) bond motifs is 2. The van der Waals surface area contributed by atoms with Crippen LogP contribution in [0.5, 0.6) is 0 Å². The Kier molecular flexibility index (Phi) is 5.14. The van der Waals surface area contributed by atoms with E-state index in [1.807, 2.05) is 0 Å². The van der Waals surface area contributed by atoms with Gasteiger partial charge in [-0.3, -0.25) is 0 Å². The fourth-order valence-corrected chi connectivity index (χ4v) is 9.17. The summed E-state index contributed by atoms with van der Waals surface area (Å²) in [6, 6.07) is 2.71. The molecule has 144 valence electrons. The van der Waals surface area contributed by atoms with Gasteiger partial charge in [0.25, 0.3) is 0 Å². The molecule has 0 aromatic heterocycles. The summed E-state index contributed by atoms with van der Waals surface area (Å²) in [6.45, 7) is 19.6. The normalized spacial score (nSPS) is 23.7. The van der Waals surface area contributed by atoms with Crippen molar-refractivity contribution in [3.63, 3.8) is 0 Å². The molecule has 0 unspecified atom stereocenters. The second-order valence-corrected chi connectivity index (χ2v) is 12.2. The van der Waals surface area contributed by atoms with E-state index in [1.54, 1.807) is 27.4 Å². The molecule has 3 rings (SSSR count). The average Bonchev–Trinajstić information content (AvgIpc) is 2.99. The maximum atomic E-state index is 3.96. The van der Waals surface area contributed by atoms with E-state index in [9.17, 15) is 0 Å². The molecule has 1 aromatic carbocycles. The maximum Gasteiger partial charge on any atom is 0.176 e. The summed E-state index contributed by atoms with van der Waals surface area (Å²) in [5, 5.41) is 1.67. The van der Waals surface area contributed by atoms with Crippen molar-refractivity contribution in [2.75, 3.05) is 0 Å². The van der Waals surface area contributed by atoms with Crippen LogP contribution in [0.4, 0.5) is 0 Å². The third-order valence-corrected chi connectivity index (χ3v) is 10.1. The highest BCUT2D eigenvalue weighted by Crippen LogP contribution is 2.58. The first-order valence-corrected chi connectivity index (χ1v) is 13.9. The first kappa shape index (κ1) is 20.6. The molecule has 2 aliphatic carbocycles. The Morgan fingerprint density at radius 1 is 0.769 bits per heavy atom. The fourth-order valence-electron chi connectivity index (χ4n) is 6.84. The first-order valence-electron chi connectivity index (χ1n) is 10.7. The molecule has 0 atom stereocenters. The minimum Gasteiger partial charge on any atom is -0.125 e. The van der Waals surface area contributed by atoms with Crippen LogP contribution >= 0.6 is 15.3 Å². The monoisotopic (exact) mass is 432 g/mol. The van der Waals surface area contributed by atoms with Crippen LogP contribution in [0.15, 0.2) is 6.07 Å². The molecule has 1 aromatic rings. The molecule has 0 saturated heterocycles. The van der Waals surface area contributed by atoms with Gasteiger partial charge >= 0.3 is 0 Å². The highest BCUT2D eigenvalue weighted by Gasteiger charge is 2.53. The summed E-state index contributed by atoms with van der Waals surface area (Å²) in [5.74, 6) is 0. The molecule has 0 aliphatic heterocycles. The van der Waals surface area contributed by atoms with Gasteiger partial charge in [-0.2, -0.15) is 0 Å². The lowest BCUT2D eigenvalue weighted by Gasteiger charge is -2.32. The van der Waals surface area contributed by atoms with Crippen molar-refractivity contribution in [1.82, 2.24) is 0 Å². The molecule has 0 bridgehead atoms. The van der Waals surface area contributed by atoms with Crippen LogP contribution in [0.25, 0.3) is 0 Å². The highest BCUT2D eigenvalue weighted by molar-refractivity contribution is 9.23. The van der Waals surface area contributed by atoms with Gasteiger partial charge in [0.2, 0.25) is 0 Å². The van der Waals surface area contributed by atoms with Crippen molar-refractivity contribution < 1.29 is 0 Å². The molecule has 0 heterocycles. The van der Waals surface area contributed by atoms with Crippen molar-refractivity contribution >= 4 is 28.6 Å². The maximum absolute atomic E-state index is 3.96. The number of rotatable bonds is 5. The Balaban J connectivity index is 2.44. The lowest BCUT2D eigenvalue weighted by atomic mass is 9.72. The van der Waals surface area contributed by atoms with E-state index in [2.05, 4.69) is 76.7 Å². The number of halogens is 1. The van der Waals surface area contributed by atoms with Crippen molar-refractivity contribution in [3.05, 3.63) is 28.3 Å². The van der Waals surface area contributed by atoms with Gasteiger partial charge in [0, 0.05) is 0 Å². The molecule has 0 nitrogen and oxygen atoms in total. The highest BCUT2D eigenvalue weighted by atomic mass is 79.9. The summed E-state index contributed by atoms with van der Waals surface area (Å²) in [5.41, 5.74) is 8.12. The van der Waals surface area contributed by atoms with Gasteiger partial charge in [0.15, 0.2) is 8.14 Å². The van der Waals surface area contributed by atoms with E-state index < -0.39 is 0 Å². The zero-order chi connectivity index (χ0) is 19.5. The van der Waals surface area contributed by atoms with Crippen LogP contribution in [-0.2, 0) is 21.7 Å². The third-order valence-electron chi connectivity index (χ3n) is 8.19. The Hall–Kier alpha value is -0.0831. The van der Waals surface area contributed by atoms with Crippen LogP contribution in [-0.4, -0.2) is 8.14 Å². The summed E-state index contributed by atoms with van der Waals surface area (Å²) in [4.78, 5) is 0. The lowest BCUT2D eigenvalue weighted by molar-refractivity contribution is 0.322. The van der Waals surface area contributed by atoms with Gasteiger partial charge < -0.3 is 0 Å². The fraction of sp³-hybridized carbons (Fsp3) is 0.750. The first-order chi connectivity index (χ1) is 12.1. The van der Waals surface area contributed by atoms with Crippen LogP contribution < -0.4 is 5.19 Å². The van der Waals surface area contributed by atoms with E-state index in [0.29, 0.717) is 10.8 Å². The molecule has 2 aliphatic rings. The number of hydrogen-bond acceptors (Lipinski definition) is 0. The summed E-state index contributed by atoms with van der Waals surface area (Å²) in [7, 11) is 0.718. The SMILES string of the molecule is CCC1(CC)CC(C)(C)c2c1cc1c(c2[Si]Br)C(C)(C)CC1(CC)CC. The molecule has 0 amide bonds. The second-order valence-electron chi connectivity index (χ2n) is 10.3. The van der Waals surface area contributed by atoms with Gasteiger partial charge in [-0.25, -0.2) is 0 Å². The van der Waals surface area contributed by atoms with Crippen molar-refractivity contribution in [2.45, 2.75) is 116 Å². The van der Waals surface area contributed by atoms with E-state index in [1.165, 1.54) is 38.5 Å². The minimum absolute atomic E-state index is 0.284. The third kappa shape index (κ3) is 2.57. The quantitative estimate of drug-likeness (QED) is 0.354. The Bertz CT molecular complexity index is 649. The van der Waals surface area contributed by atoms with Gasteiger partial charge in [0.1, 0.15) is 0 Å². The van der Waals surface area contributed by atoms with Gasteiger partial charge in [-0.05, 0) is 87.6 Å². The molecular weight excluding hydrogens is 396 g/mol. The largest absolute Gasteiger partial charge is 0.176 e. The molecule has 0 N–H and O–H groups in total. The van der Waals surface area contributed by atoms with Crippen molar-refractivity contribution in [3.8, 4) is 0 Å². The topological polar surface area (TPSA) is 0 Å². The van der Waals surface area contributed by atoms with E-state index in [-0.39, 0.29) is 10.8 Å². The Labute approximate surface area is 172 Å². The zero-order valence-corrected chi connectivity index (χ0v) is 20.8. The molecule has 0 spiro atoms. The molecular formula is C24H37BrSi. The van der Waals surface area contributed by atoms with Crippen LogP contribution in [0, 0.1) is 0 Å². The molecule has 2 radical (unpaired) electrons. The zero-order valence-electron chi connectivity index (χ0n) is 18.2. The van der Waals surface area contributed by atoms with Crippen LogP contribution in [0.1, 0.15) is 116 Å². The van der Waals surface area contributed by atoms with Crippen molar-refractivity contribution in [2.24, 2.45) is 0 Å². The average molecular weight is 434 g/mol. The predicted octanol–water partition coefficient (Wildman–Crippen LogP) is 6.80. The lowest BCUT2D eigenvalue weighted by Crippen LogP contribution is -2.33. The number of benzene rings is 1. The molecule has 0 saturated carbocycles. The van der Waals surface area contributed by atoms with Crippen molar-refractivity contribution in [1.29, 1.82) is 0 Å². The molecule has 2 heteroatoms. The summed E-state index contributed by atoms with van der Waals surface area (Å²) in [6.07, 6.45) is 7.66. The van der Waals surface area contributed by atoms with Gasteiger partial charge in [-0.15, -0.1) is 15.3 Å². The van der Waals surface area contributed by atoms with Crippen LogP contribution in [0.3, 0.4) is 0 Å². The standard InChI is InChI=1S/C24H37BrSi/c1-9-23(10-2)14-21(5,6)18-16(23)13-17-19(20(18)26-25)22(7,8)15-24(17,11-3)12-4/h13H,9-12,14-15H2,1-8H3. The summed E-state index contributed by atoms with van der Waals surface area (Å²) < 4.78 is 0. The number of hydrogen-bond donors (Lipinski definition) is 0. The van der Waals surface area contributed by atoms with Crippen LogP contribution in [0.2, 0.25) is 0 Å². The van der Waals surface area contributed by atoms with E-state index in [4.69, 9.17) is 0 Å². The molecule has 0 fully saturated rings. The smallest absolute Gasteiger partial charge is 0.125 e. The van der Waals surface area contributed by atoms with Gasteiger partial charge in [-0.1, -0.05) is 61.5 Å². The Morgan fingerprint density at radius 3 is 1.38 bits per heavy atom. The van der Waals surface area contributed by atoms with E-state index >= 15 is 0 Å². The van der Waals surface area contributed by atoms with E-state index in [0.717, 1.165) is 8.14 Å².